The van der Waals surface area contributed by atoms with Gasteiger partial charge in [-0.05, 0) is 23.8 Å². The summed E-state index contributed by atoms with van der Waals surface area (Å²) >= 11 is 0. The lowest BCUT2D eigenvalue weighted by molar-refractivity contribution is -0.185. The van der Waals surface area contributed by atoms with E-state index in [1.54, 1.807) is 6.07 Å². The molecule has 7 heteroatoms. The number of hydrogen-bond donors (Lipinski definition) is 0. The molecule has 0 aromatic heterocycles. The third kappa shape index (κ3) is 3.51. The minimum Gasteiger partial charge on any atom is -0.429 e. The highest BCUT2D eigenvalue weighted by atomic mass is 19.3. The average molecular weight is 368 g/mol. The summed E-state index contributed by atoms with van der Waals surface area (Å²) in [6.07, 6.45) is -3.94. The molecule has 0 radical (unpaired) electrons. The van der Waals surface area contributed by atoms with Gasteiger partial charge in [0.05, 0.1) is 5.56 Å². The van der Waals surface area contributed by atoms with Crippen LogP contribution in [0, 0.1) is 23.3 Å². The van der Waals surface area contributed by atoms with Crippen molar-refractivity contribution in [3.05, 3.63) is 89.5 Å². The predicted octanol–water partition coefficient (Wildman–Crippen LogP) is 6.04. The summed E-state index contributed by atoms with van der Waals surface area (Å²) < 4.78 is 85.5. The normalized spacial score (nSPS) is 11.5. The van der Waals surface area contributed by atoms with E-state index < -0.39 is 40.7 Å². The van der Waals surface area contributed by atoms with Crippen molar-refractivity contribution < 1.29 is 31.1 Å². The van der Waals surface area contributed by atoms with Crippen molar-refractivity contribution in [3.63, 3.8) is 0 Å². The highest BCUT2D eigenvalue weighted by molar-refractivity contribution is 5.64. The van der Waals surface area contributed by atoms with Crippen LogP contribution >= 0.6 is 0 Å². The van der Waals surface area contributed by atoms with Crippen molar-refractivity contribution in [2.75, 3.05) is 0 Å². The highest BCUT2D eigenvalue weighted by Crippen LogP contribution is 2.34. The fraction of sp³-hybridized carbons (Fsp3) is 0.0526. The van der Waals surface area contributed by atoms with Crippen molar-refractivity contribution in [1.82, 2.24) is 0 Å². The van der Waals surface area contributed by atoms with Gasteiger partial charge in [-0.25, -0.2) is 17.6 Å². The zero-order valence-corrected chi connectivity index (χ0v) is 12.9. The molecule has 3 aromatic carbocycles. The van der Waals surface area contributed by atoms with Crippen LogP contribution in [0.15, 0.2) is 60.7 Å². The van der Waals surface area contributed by atoms with E-state index in [2.05, 4.69) is 4.74 Å². The average Bonchev–Trinajstić information content (AvgIpc) is 2.60. The molecular formula is C19H10F6O. The molecule has 0 atom stereocenters. The number of rotatable bonds is 4. The molecule has 0 aliphatic heterocycles. The molecule has 3 rings (SSSR count). The van der Waals surface area contributed by atoms with Crippen molar-refractivity contribution in [1.29, 1.82) is 0 Å². The van der Waals surface area contributed by atoms with Crippen LogP contribution in [0.4, 0.5) is 26.3 Å². The largest absolute Gasteiger partial charge is 0.429 e. The van der Waals surface area contributed by atoms with Gasteiger partial charge >= 0.3 is 6.11 Å². The van der Waals surface area contributed by atoms with Gasteiger partial charge in [-0.2, -0.15) is 8.78 Å². The number of alkyl halides is 2. The minimum absolute atomic E-state index is 0.228. The molecule has 0 fully saturated rings. The van der Waals surface area contributed by atoms with E-state index in [9.17, 15) is 26.3 Å². The van der Waals surface area contributed by atoms with Gasteiger partial charge in [0.2, 0.25) is 0 Å². The third-order valence-corrected chi connectivity index (χ3v) is 3.61. The zero-order chi connectivity index (χ0) is 18.9. The van der Waals surface area contributed by atoms with Crippen LogP contribution in [-0.2, 0) is 6.11 Å². The number of hydrogen-bond acceptors (Lipinski definition) is 1. The predicted molar refractivity (Wildman–Crippen MR) is 82.7 cm³/mol. The van der Waals surface area contributed by atoms with Crippen LogP contribution < -0.4 is 4.74 Å². The summed E-state index contributed by atoms with van der Waals surface area (Å²) in [5.41, 5.74) is -0.0322. The van der Waals surface area contributed by atoms with E-state index in [-0.39, 0.29) is 5.56 Å². The molecule has 0 aliphatic carbocycles. The maximum atomic E-state index is 14.2. The second-order valence-corrected chi connectivity index (χ2v) is 5.38. The Labute approximate surface area is 144 Å². The minimum atomic E-state index is -3.94. The second kappa shape index (κ2) is 6.74. The van der Waals surface area contributed by atoms with Gasteiger partial charge in [0.25, 0.3) is 0 Å². The summed E-state index contributed by atoms with van der Waals surface area (Å²) in [6.45, 7) is 0. The Hall–Kier alpha value is -2.96. The van der Waals surface area contributed by atoms with Gasteiger partial charge in [-0.1, -0.05) is 30.3 Å². The topological polar surface area (TPSA) is 9.23 Å². The zero-order valence-electron chi connectivity index (χ0n) is 12.9. The van der Waals surface area contributed by atoms with Gasteiger partial charge in [0.15, 0.2) is 17.5 Å². The lowest BCUT2D eigenvalue weighted by Gasteiger charge is -2.19. The van der Waals surface area contributed by atoms with E-state index in [1.165, 1.54) is 30.3 Å². The van der Waals surface area contributed by atoms with Crippen LogP contribution in [0.2, 0.25) is 0 Å². The highest BCUT2D eigenvalue weighted by Gasteiger charge is 2.35. The summed E-state index contributed by atoms with van der Waals surface area (Å²) in [5.74, 6) is -6.46. The van der Waals surface area contributed by atoms with E-state index in [0.29, 0.717) is 17.7 Å². The van der Waals surface area contributed by atoms with Crippen LogP contribution in [-0.4, -0.2) is 0 Å². The summed E-state index contributed by atoms with van der Waals surface area (Å²) in [6, 6.07) is 11.0. The fourth-order valence-electron chi connectivity index (χ4n) is 2.34. The standard InChI is InChI=1S/C19H10F6O/c20-15-4-2-1-3-14(15)11-5-7-12(8-6-11)19(24,25)26-13-9-16(21)18(23)17(22)10-13/h1-10H. The van der Waals surface area contributed by atoms with Crippen molar-refractivity contribution in [2.45, 2.75) is 6.11 Å². The number of ether oxygens (including phenoxy) is 1. The van der Waals surface area contributed by atoms with Crippen molar-refractivity contribution >= 4 is 0 Å². The Morgan fingerprint density at radius 2 is 1.27 bits per heavy atom. The smallest absolute Gasteiger partial charge is 0.426 e. The molecule has 0 aliphatic rings. The molecule has 0 heterocycles. The number of halogens is 6. The Morgan fingerprint density at radius 1 is 0.692 bits per heavy atom. The molecule has 134 valence electrons. The van der Waals surface area contributed by atoms with Gasteiger partial charge < -0.3 is 4.74 Å². The molecule has 0 saturated heterocycles. The molecule has 0 spiro atoms. The van der Waals surface area contributed by atoms with E-state index in [4.69, 9.17) is 0 Å². The van der Waals surface area contributed by atoms with E-state index in [0.717, 1.165) is 12.1 Å². The molecule has 0 amide bonds. The van der Waals surface area contributed by atoms with Crippen LogP contribution in [0.5, 0.6) is 5.75 Å². The van der Waals surface area contributed by atoms with Gasteiger partial charge in [0, 0.05) is 17.7 Å². The molecule has 0 bridgehead atoms. The first-order valence-corrected chi connectivity index (χ1v) is 7.35. The van der Waals surface area contributed by atoms with Crippen LogP contribution in [0.1, 0.15) is 5.56 Å². The van der Waals surface area contributed by atoms with Gasteiger partial charge in [-0.15, -0.1) is 0 Å². The van der Waals surface area contributed by atoms with Crippen molar-refractivity contribution in [3.8, 4) is 16.9 Å². The molecular weight excluding hydrogens is 358 g/mol. The SMILES string of the molecule is Fc1ccccc1-c1ccc(C(F)(F)Oc2cc(F)c(F)c(F)c2)cc1. The quantitative estimate of drug-likeness (QED) is 0.403. The first kappa shape index (κ1) is 17.8. The molecule has 0 unspecified atom stereocenters. The Bertz CT molecular complexity index is 914. The van der Waals surface area contributed by atoms with Crippen molar-refractivity contribution in [2.24, 2.45) is 0 Å². The maximum absolute atomic E-state index is 14.2. The summed E-state index contributed by atoms with van der Waals surface area (Å²) in [7, 11) is 0. The monoisotopic (exact) mass is 368 g/mol. The molecule has 3 aromatic rings. The maximum Gasteiger partial charge on any atom is 0.426 e. The van der Waals surface area contributed by atoms with E-state index >= 15 is 0 Å². The molecule has 0 N–H and O–H groups in total. The third-order valence-electron chi connectivity index (χ3n) is 3.61. The van der Waals surface area contributed by atoms with E-state index in [1.807, 2.05) is 0 Å². The molecule has 1 nitrogen and oxygen atoms in total. The summed E-state index contributed by atoms with van der Waals surface area (Å²) in [5, 5.41) is 0. The second-order valence-electron chi connectivity index (χ2n) is 5.38. The van der Waals surface area contributed by atoms with Gasteiger partial charge in [-0.3, -0.25) is 0 Å². The first-order valence-electron chi connectivity index (χ1n) is 7.35. The molecule has 26 heavy (non-hydrogen) atoms. The van der Waals surface area contributed by atoms with Gasteiger partial charge in [0.1, 0.15) is 11.6 Å². The van der Waals surface area contributed by atoms with Crippen LogP contribution in [0.3, 0.4) is 0 Å². The Morgan fingerprint density at radius 3 is 1.85 bits per heavy atom. The Kier molecular flexibility index (Phi) is 4.63. The first-order chi connectivity index (χ1) is 12.3. The summed E-state index contributed by atoms with van der Waals surface area (Å²) in [4.78, 5) is 0. The van der Waals surface area contributed by atoms with Crippen LogP contribution in [0.25, 0.3) is 11.1 Å². The fourth-order valence-corrected chi connectivity index (χ4v) is 2.34. The number of benzene rings is 3. The Balaban J connectivity index is 1.87. The lowest BCUT2D eigenvalue weighted by Crippen LogP contribution is -2.22. The molecule has 0 saturated carbocycles. The lowest BCUT2D eigenvalue weighted by atomic mass is 10.0.